The van der Waals surface area contributed by atoms with E-state index in [4.69, 9.17) is 14.2 Å². The molecule has 0 N–H and O–H groups in total. The lowest BCUT2D eigenvalue weighted by Gasteiger charge is -2.43. The molecule has 0 amide bonds. The summed E-state index contributed by atoms with van der Waals surface area (Å²) in [6, 6.07) is 0. The van der Waals surface area contributed by atoms with E-state index in [2.05, 4.69) is 27.0 Å². The summed E-state index contributed by atoms with van der Waals surface area (Å²) in [5.41, 5.74) is -0.504. The van der Waals surface area contributed by atoms with Gasteiger partial charge in [0.15, 0.2) is 0 Å². The average Bonchev–Trinajstić information content (AvgIpc) is 3.48. The van der Waals surface area contributed by atoms with Gasteiger partial charge < -0.3 is 14.2 Å². The SMILES string of the molecule is C=CCC(CCCCC)(OC(CC=C)(CCCCC)C1CO1)C1CO1. The Labute approximate surface area is 154 Å². The van der Waals surface area contributed by atoms with Crippen molar-refractivity contribution in [2.24, 2.45) is 0 Å². The van der Waals surface area contributed by atoms with E-state index in [1.807, 2.05) is 12.2 Å². The van der Waals surface area contributed by atoms with Crippen LogP contribution in [0.4, 0.5) is 0 Å². The smallest absolute Gasteiger partial charge is 0.110 e. The van der Waals surface area contributed by atoms with Crippen molar-refractivity contribution < 1.29 is 14.2 Å². The number of unbranched alkanes of at least 4 members (excludes halogenated alkanes) is 4. The predicted octanol–water partition coefficient (Wildman–Crippen LogP) is 5.59. The molecule has 0 bridgehead atoms. The summed E-state index contributed by atoms with van der Waals surface area (Å²) >= 11 is 0. The van der Waals surface area contributed by atoms with Gasteiger partial charge in [0.25, 0.3) is 0 Å². The molecule has 0 saturated carbocycles. The zero-order valence-corrected chi connectivity index (χ0v) is 16.4. The van der Waals surface area contributed by atoms with E-state index in [1.54, 1.807) is 0 Å². The van der Waals surface area contributed by atoms with Gasteiger partial charge in [-0.1, -0.05) is 64.5 Å². The Kier molecular flexibility index (Phi) is 8.18. The van der Waals surface area contributed by atoms with Crippen molar-refractivity contribution in [2.75, 3.05) is 13.2 Å². The van der Waals surface area contributed by atoms with Crippen LogP contribution in [0, 0.1) is 0 Å². The number of epoxide rings is 2. The van der Waals surface area contributed by atoms with Crippen molar-refractivity contribution in [1.82, 2.24) is 0 Å². The quantitative estimate of drug-likeness (QED) is 0.207. The lowest BCUT2D eigenvalue weighted by atomic mass is 9.83. The summed E-state index contributed by atoms with van der Waals surface area (Å²) in [5, 5.41) is 0. The van der Waals surface area contributed by atoms with E-state index in [-0.39, 0.29) is 23.4 Å². The maximum absolute atomic E-state index is 7.06. The molecule has 0 radical (unpaired) electrons. The Morgan fingerprint density at radius 3 is 1.52 bits per heavy atom. The Bertz CT molecular complexity index is 375. The van der Waals surface area contributed by atoms with Gasteiger partial charge in [0.2, 0.25) is 0 Å². The third kappa shape index (κ3) is 5.67. The van der Waals surface area contributed by atoms with Gasteiger partial charge in [-0.25, -0.2) is 0 Å². The van der Waals surface area contributed by atoms with Crippen LogP contribution in [-0.2, 0) is 14.2 Å². The fraction of sp³-hybridized carbons (Fsp3) is 0.818. The Morgan fingerprint density at radius 2 is 1.24 bits per heavy atom. The second-order valence-electron chi connectivity index (χ2n) is 7.78. The van der Waals surface area contributed by atoms with Gasteiger partial charge in [-0.2, -0.15) is 0 Å². The molecule has 2 aliphatic rings. The van der Waals surface area contributed by atoms with Crippen molar-refractivity contribution in [2.45, 2.75) is 101 Å². The van der Waals surface area contributed by atoms with Crippen molar-refractivity contribution in [3.05, 3.63) is 25.3 Å². The minimum Gasteiger partial charge on any atom is -0.370 e. The fourth-order valence-electron chi connectivity index (χ4n) is 4.05. The molecule has 2 fully saturated rings. The normalized spacial score (nSPS) is 26.5. The monoisotopic (exact) mass is 350 g/mol. The van der Waals surface area contributed by atoms with E-state index in [0.29, 0.717) is 0 Å². The van der Waals surface area contributed by atoms with Crippen LogP contribution in [0.3, 0.4) is 0 Å². The lowest BCUT2D eigenvalue weighted by molar-refractivity contribution is -0.182. The number of ether oxygens (including phenoxy) is 3. The van der Waals surface area contributed by atoms with Gasteiger partial charge in [0.05, 0.1) is 13.2 Å². The summed E-state index contributed by atoms with van der Waals surface area (Å²) in [6.45, 7) is 14.1. The second kappa shape index (κ2) is 9.89. The third-order valence-electron chi connectivity index (χ3n) is 5.63. The lowest BCUT2D eigenvalue weighted by Crippen LogP contribution is -2.51. The van der Waals surface area contributed by atoms with E-state index >= 15 is 0 Å². The zero-order chi connectivity index (χ0) is 18.2. The van der Waals surface area contributed by atoms with Crippen LogP contribution in [0.25, 0.3) is 0 Å². The van der Waals surface area contributed by atoms with E-state index < -0.39 is 0 Å². The topological polar surface area (TPSA) is 34.3 Å². The first-order valence-corrected chi connectivity index (χ1v) is 10.3. The molecule has 4 unspecified atom stereocenters. The van der Waals surface area contributed by atoms with Crippen LogP contribution in [-0.4, -0.2) is 36.6 Å². The maximum atomic E-state index is 7.06. The first-order valence-electron chi connectivity index (χ1n) is 10.3. The minimum absolute atomic E-state index is 0.205. The Morgan fingerprint density at radius 1 is 0.840 bits per heavy atom. The van der Waals surface area contributed by atoms with Crippen molar-refractivity contribution in [1.29, 1.82) is 0 Å². The van der Waals surface area contributed by atoms with Gasteiger partial charge >= 0.3 is 0 Å². The van der Waals surface area contributed by atoms with E-state index in [9.17, 15) is 0 Å². The molecule has 2 rings (SSSR count). The Hall–Kier alpha value is -0.640. The highest BCUT2D eigenvalue weighted by Gasteiger charge is 2.55. The maximum Gasteiger partial charge on any atom is 0.110 e. The second-order valence-corrected chi connectivity index (χ2v) is 7.78. The molecule has 0 aromatic carbocycles. The molecule has 0 aliphatic carbocycles. The first kappa shape index (κ1) is 20.7. The molecule has 0 aromatic heterocycles. The van der Waals surface area contributed by atoms with Gasteiger partial charge in [0, 0.05) is 0 Å². The zero-order valence-electron chi connectivity index (χ0n) is 16.4. The highest BCUT2D eigenvalue weighted by Crippen LogP contribution is 2.46. The van der Waals surface area contributed by atoms with Crippen LogP contribution in [0.1, 0.15) is 78.1 Å². The summed E-state index contributed by atoms with van der Waals surface area (Å²) in [7, 11) is 0. The van der Waals surface area contributed by atoms with Gasteiger partial charge in [0.1, 0.15) is 23.4 Å². The summed E-state index contributed by atoms with van der Waals surface area (Å²) < 4.78 is 18.6. The van der Waals surface area contributed by atoms with Crippen LogP contribution in [0.15, 0.2) is 25.3 Å². The molecule has 0 spiro atoms. The van der Waals surface area contributed by atoms with E-state index in [1.165, 1.54) is 38.5 Å². The third-order valence-corrected chi connectivity index (χ3v) is 5.63. The summed E-state index contributed by atoms with van der Waals surface area (Å²) in [4.78, 5) is 0. The molecule has 2 heterocycles. The van der Waals surface area contributed by atoms with E-state index in [0.717, 1.165) is 38.9 Å². The number of hydrogen-bond donors (Lipinski definition) is 0. The number of hydrogen-bond acceptors (Lipinski definition) is 3. The van der Waals surface area contributed by atoms with Crippen LogP contribution in [0.2, 0.25) is 0 Å². The van der Waals surface area contributed by atoms with Gasteiger partial charge in [-0.05, 0) is 25.7 Å². The molecular weight excluding hydrogens is 312 g/mol. The highest BCUT2D eigenvalue weighted by molar-refractivity contribution is 5.07. The molecular formula is C22H38O3. The summed E-state index contributed by atoms with van der Waals surface area (Å²) in [6.07, 6.45) is 15.5. The minimum atomic E-state index is -0.252. The van der Waals surface area contributed by atoms with Crippen molar-refractivity contribution in [3.63, 3.8) is 0 Å². The molecule has 25 heavy (non-hydrogen) atoms. The van der Waals surface area contributed by atoms with Gasteiger partial charge in [-0.3, -0.25) is 0 Å². The van der Waals surface area contributed by atoms with Crippen LogP contribution < -0.4 is 0 Å². The summed E-state index contributed by atoms with van der Waals surface area (Å²) in [5.74, 6) is 0. The molecule has 4 atom stereocenters. The molecule has 3 nitrogen and oxygen atoms in total. The van der Waals surface area contributed by atoms with Crippen molar-refractivity contribution >= 4 is 0 Å². The van der Waals surface area contributed by atoms with Gasteiger partial charge in [-0.15, -0.1) is 13.2 Å². The van der Waals surface area contributed by atoms with Crippen LogP contribution >= 0.6 is 0 Å². The highest BCUT2D eigenvalue weighted by atomic mass is 16.6. The largest absolute Gasteiger partial charge is 0.370 e. The average molecular weight is 351 g/mol. The molecule has 144 valence electrons. The first-order chi connectivity index (χ1) is 12.2. The molecule has 3 heteroatoms. The van der Waals surface area contributed by atoms with Crippen LogP contribution in [0.5, 0.6) is 0 Å². The standard InChI is InChI=1S/C22H38O3/c1-5-9-11-15-21(13-7-3,19-17-23-19)25-22(14-8-4,20-18-24-20)16-12-10-6-2/h7-8,19-20H,3-6,9-18H2,1-2H3. The molecule has 2 aliphatic heterocycles. The fourth-order valence-corrected chi connectivity index (χ4v) is 4.05. The van der Waals surface area contributed by atoms with Crippen molar-refractivity contribution in [3.8, 4) is 0 Å². The number of rotatable bonds is 16. The molecule has 2 saturated heterocycles. The predicted molar refractivity (Wildman–Crippen MR) is 104 cm³/mol. The molecule has 0 aromatic rings. The Balaban J connectivity index is 2.19.